The van der Waals surface area contributed by atoms with Gasteiger partial charge in [0.2, 0.25) is 5.96 Å². The maximum absolute atomic E-state index is 12.4. The van der Waals surface area contributed by atoms with Crippen molar-refractivity contribution in [2.24, 2.45) is 10.7 Å². The van der Waals surface area contributed by atoms with Crippen LogP contribution < -0.4 is 5.73 Å². The Morgan fingerprint density at radius 3 is 3.16 bits per heavy atom. The standard InChI is InChI=1S/C10H11BrClN3O2S2/c1-15-9(13)14-10(2-3-17-8(10)19(15)16)7-5(12)4-6(11)18-7/h4,8H,2-3H2,1H3,(H2,13,14). The number of hydrogen-bond donors (Lipinski definition) is 1. The first kappa shape index (κ1) is 13.8. The molecule has 0 aliphatic carbocycles. The average molecular weight is 385 g/mol. The number of rotatable bonds is 1. The van der Waals surface area contributed by atoms with Gasteiger partial charge in [-0.05, 0) is 22.0 Å². The third-order valence-corrected chi connectivity index (χ3v) is 7.12. The van der Waals surface area contributed by atoms with Crippen molar-refractivity contribution in [3.63, 3.8) is 0 Å². The van der Waals surface area contributed by atoms with Crippen molar-refractivity contribution in [2.45, 2.75) is 17.4 Å². The summed E-state index contributed by atoms with van der Waals surface area (Å²) in [6.07, 6.45) is 0.630. The summed E-state index contributed by atoms with van der Waals surface area (Å²) >= 11 is 11.2. The van der Waals surface area contributed by atoms with Crippen LogP contribution in [-0.4, -0.2) is 33.6 Å². The second-order valence-electron chi connectivity index (χ2n) is 4.35. The first-order valence-electron chi connectivity index (χ1n) is 5.52. The molecule has 2 N–H and O–H groups in total. The number of halogens is 2. The van der Waals surface area contributed by atoms with E-state index in [9.17, 15) is 4.21 Å². The van der Waals surface area contributed by atoms with Gasteiger partial charge in [-0.15, -0.1) is 11.3 Å². The highest BCUT2D eigenvalue weighted by molar-refractivity contribution is 9.11. The zero-order valence-electron chi connectivity index (χ0n) is 9.93. The Labute approximate surface area is 130 Å². The third-order valence-electron chi connectivity index (χ3n) is 3.28. The van der Waals surface area contributed by atoms with Gasteiger partial charge in [0.25, 0.3) is 0 Å². The van der Waals surface area contributed by atoms with Crippen LogP contribution in [0.15, 0.2) is 14.8 Å². The van der Waals surface area contributed by atoms with Crippen LogP contribution in [0.3, 0.4) is 0 Å². The van der Waals surface area contributed by atoms with E-state index in [1.165, 1.54) is 15.6 Å². The van der Waals surface area contributed by atoms with Gasteiger partial charge in [0.1, 0.15) is 5.54 Å². The fourth-order valence-corrected chi connectivity index (χ4v) is 6.01. The van der Waals surface area contributed by atoms with Gasteiger partial charge in [0, 0.05) is 13.5 Å². The van der Waals surface area contributed by atoms with Gasteiger partial charge in [0.05, 0.1) is 20.3 Å². The lowest BCUT2D eigenvalue weighted by Gasteiger charge is -2.36. The molecule has 3 unspecified atom stereocenters. The highest BCUT2D eigenvalue weighted by Gasteiger charge is 2.55. The molecule has 0 bridgehead atoms. The van der Waals surface area contributed by atoms with Crippen LogP contribution in [0.25, 0.3) is 0 Å². The van der Waals surface area contributed by atoms with Crippen molar-refractivity contribution in [3.8, 4) is 0 Å². The van der Waals surface area contributed by atoms with Gasteiger partial charge in [-0.2, -0.15) is 0 Å². The van der Waals surface area contributed by atoms with Crippen LogP contribution in [0, 0.1) is 0 Å². The average Bonchev–Trinajstić information content (AvgIpc) is 2.91. The number of ether oxygens (including phenoxy) is 1. The highest BCUT2D eigenvalue weighted by atomic mass is 79.9. The van der Waals surface area contributed by atoms with Gasteiger partial charge >= 0.3 is 0 Å². The van der Waals surface area contributed by atoms with Crippen LogP contribution in [0.5, 0.6) is 0 Å². The van der Waals surface area contributed by atoms with Crippen molar-refractivity contribution in [3.05, 3.63) is 19.8 Å². The molecule has 104 valence electrons. The lowest BCUT2D eigenvalue weighted by atomic mass is 9.97. The summed E-state index contributed by atoms with van der Waals surface area (Å²) in [7, 11) is 0.274. The van der Waals surface area contributed by atoms with Crippen LogP contribution in [0.2, 0.25) is 5.02 Å². The van der Waals surface area contributed by atoms with Crippen LogP contribution >= 0.6 is 38.9 Å². The summed E-state index contributed by atoms with van der Waals surface area (Å²) < 4.78 is 20.4. The molecule has 0 spiro atoms. The highest BCUT2D eigenvalue weighted by Crippen LogP contribution is 2.50. The first-order valence-corrected chi connectivity index (χ1v) is 8.68. The van der Waals surface area contributed by atoms with E-state index in [0.29, 0.717) is 18.1 Å². The third kappa shape index (κ3) is 1.96. The fourth-order valence-electron chi connectivity index (χ4n) is 2.33. The Kier molecular flexibility index (Phi) is 3.41. The van der Waals surface area contributed by atoms with Crippen LogP contribution in [0.4, 0.5) is 0 Å². The number of aliphatic imine (C=N–C) groups is 1. The Bertz CT molecular complexity index is 593. The first-order chi connectivity index (χ1) is 8.95. The Morgan fingerprint density at radius 1 is 1.79 bits per heavy atom. The predicted molar refractivity (Wildman–Crippen MR) is 80.6 cm³/mol. The molecule has 2 aliphatic rings. The smallest absolute Gasteiger partial charge is 0.204 e. The van der Waals surface area contributed by atoms with E-state index in [1.807, 2.05) is 6.07 Å². The molecular weight excluding hydrogens is 374 g/mol. The molecule has 9 heteroatoms. The van der Waals surface area contributed by atoms with Crippen molar-refractivity contribution < 1.29 is 8.95 Å². The number of guanidine groups is 1. The molecule has 1 saturated heterocycles. The minimum atomic E-state index is -1.37. The summed E-state index contributed by atoms with van der Waals surface area (Å²) in [5.41, 5.74) is 4.62. The molecule has 3 atom stereocenters. The van der Waals surface area contributed by atoms with Gasteiger partial charge in [0.15, 0.2) is 16.4 Å². The maximum atomic E-state index is 12.4. The van der Waals surface area contributed by atoms with Crippen molar-refractivity contribution in [1.82, 2.24) is 4.31 Å². The van der Waals surface area contributed by atoms with Crippen LogP contribution in [-0.2, 0) is 21.3 Å². The summed E-state index contributed by atoms with van der Waals surface area (Å²) in [6, 6.07) is 1.82. The van der Waals surface area contributed by atoms with Gasteiger partial charge in [-0.3, -0.25) is 4.31 Å². The van der Waals surface area contributed by atoms with E-state index in [2.05, 4.69) is 20.9 Å². The summed E-state index contributed by atoms with van der Waals surface area (Å²) in [5, 5.41) is 0.602. The van der Waals surface area contributed by atoms with E-state index in [1.54, 1.807) is 7.05 Å². The van der Waals surface area contributed by atoms with E-state index in [0.717, 1.165) is 8.66 Å². The number of fused-ring (bicyclic) bond motifs is 1. The lowest BCUT2D eigenvalue weighted by molar-refractivity contribution is 0.141. The molecule has 0 radical (unpaired) electrons. The number of thiophene rings is 1. The van der Waals surface area contributed by atoms with Crippen LogP contribution in [0.1, 0.15) is 11.3 Å². The van der Waals surface area contributed by atoms with Crippen molar-refractivity contribution in [2.75, 3.05) is 13.7 Å². The van der Waals surface area contributed by atoms with E-state index >= 15 is 0 Å². The summed E-state index contributed by atoms with van der Waals surface area (Å²) in [5.74, 6) is 0.251. The minimum absolute atomic E-state index is 0.251. The topological polar surface area (TPSA) is 67.9 Å². The molecule has 0 aromatic carbocycles. The predicted octanol–water partition coefficient (Wildman–Crippen LogP) is 2.03. The number of nitrogens with two attached hydrogens (primary N) is 1. The molecule has 19 heavy (non-hydrogen) atoms. The van der Waals surface area contributed by atoms with E-state index < -0.39 is 22.0 Å². The second kappa shape index (κ2) is 4.70. The Hall–Kier alpha value is -0.150. The molecule has 0 saturated carbocycles. The number of nitrogens with zero attached hydrogens (tertiary/aromatic N) is 2. The normalized spacial score (nSPS) is 34.3. The SMILES string of the molecule is CN1C(N)=NC2(c3sc(Br)cc3Cl)CCOC2S1=O. The van der Waals surface area contributed by atoms with Gasteiger partial charge in [-0.25, -0.2) is 9.20 Å². The zero-order valence-corrected chi connectivity index (χ0v) is 13.9. The van der Waals surface area contributed by atoms with Crippen molar-refractivity contribution in [1.29, 1.82) is 0 Å². The summed E-state index contributed by atoms with van der Waals surface area (Å²) in [6.45, 7) is 0.493. The molecule has 3 heterocycles. The number of hydrogen-bond acceptors (Lipinski definition) is 5. The Morgan fingerprint density at radius 2 is 2.53 bits per heavy atom. The molecule has 1 aromatic heterocycles. The van der Waals surface area contributed by atoms with E-state index in [4.69, 9.17) is 22.1 Å². The van der Waals surface area contributed by atoms with E-state index in [-0.39, 0.29) is 5.96 Å². The van der Waals surface area contributed by atoms with Gasteiger partial charge < -0.3 is 10.5 Å². The quantitative estimate of drug-likeness (QED) is 0.805. The molecule has 0 amide bonds. The van der Waals surface area contributed by atoms with Gasteiger partial charge in [-0.1, -0.05) is 11.6 Å². The second-order valence-corrected chi connectivity index (χ2v) is 8.72. The maximum Gasteiger partial charge on any atom is 0.204 e. The minimum Gasteiger partial charge on any atom is -0.369 e. The molecule has 5 nitrogen and oxygen atoms in total. The fraction of sp³-hybridized carbons (Fsp3) is 0.500. The zero-order chi connectivity index (χ0) is 13.8. The molecule has 1 aromatic rings. The molecule has 2 aliphatic heterocycles. The largest absolute Gasteiger partial charge is 0.369 e. The molecule has 3 rings (SSSR count). The summed E-state index contributed by atoms with van der Waals surface area (Å²) in [4.78, 5) is 5.41. The monoisotopic (exact) mass is 383 g/mol. The molecular formula is C10H11BrClN3O2S2. The molecule has 1 fully saturated rings. The lowest BCUT2D eigenvalue weighted by Crippen LogP contribution is -2.52. The Balaban J connectivity index is 2.20. The van der Waals surface area contributed by atoms with Crippen molar-refractivity contribution >= 4 is 55.8 Å².